The molecule has 244 valence electrons. The highest BCUT2D eigenvalue weighted by Crippen LogP contribution is 2.37. The van der Waals surface area contributed by atoms with Gasteiger partial charge in [-0.2, -0.15) is 0 Å². The number of hydrogen-bond donors (Lipinski definition) is 0. The van der Waals surface area contributed by atoms with E-state index in [4.69, 9.17) is 11.0 Å². The molecule has 2 heterocycles. The molecule has 0 saturated carbocycles. The highest BCUT2D eigenvalue weighted by molar-refractivity contribution is 6.13. The molecule has 3 nitrogen and oxygen atoms in total. The van der Waals surface area contributed by atoms with Crippen LogP contribution in [0.15, 0.2) is 194 Å². The maximum absolute atomic E-state index is 14.4. The molecular weight excluding hydrogens is 633 g/mol. The number of benzene rings is 8. The molecule has 0 bridgehead atoms. The van der Waals surface area contributed by atoms with Gasteiger partial charge in [-0.1, -0.05) is 121 Å². The van der Waals surface area contributed by atoms with Crippen LogP contribution in [-0.2, 0) is 0 Å². The van der Waals surface area contributed by atoms with Gasteiger partial charge in [-0.05, 0) is 94.9 Å². The first kappa shape index (κ1) is 18.9. The van der Waals surface area contributed by atoms with E-state index in [-0.39, 0.29) is 125 Å². The quantitative estimate of drug-likeness (QED) is 0.161. The Morgan fingerprint density at radius 2 is 0.827 bits per heavy atom. The summed E-state index contributed by atoms with van der Waals surface area (Å²) in [5, 5.41) is 0.133. The fourth-order valence-corrected chi connectivity index (χ4v) is 6.79. The first-order valence-corrected chi connectivity index (χ1v) is 16.5. The van der Waals surface area contributed by atoms with Crippen molar-refractivity contribution in [2.45, 2.75) is 0 Å². The van der Waals surface area contributed by atoms with Gasteiger partial charge in [0.2, 0.25) is 0 Å². The molecule has 0 amide bonds. The van der Waals surface area contributed by atoms with Crippen LogP contribution in [0.2, 0.25) is 0 Å². The second-order valence-electron chi connectivity index (χ2n) is 12.2. The Morgan fingerprint density at radius 1 is 0.404 bits per heavy atom. The Balaban J connectivity index is 1.14. The lowest BCUT2D eigenvalue weighted by molar-refractivity contribution is 0.103. The van der Waals surface area contributed by atoms with Crippen LogP contribution in [0.5, 0.6) is 0 Å². The van der Waals surface area contributed by atoms with Crippen molar-refractivity contribution in [3.05, 3.63) is 205 Å². The molecule has 0 fully saturated rings. The Hall–Kier alpha value is -6.97. The molecule has 2 aromatic heterocycles. The number of rotatable bonds is 6. The molecule has 0 spiro atoms. The predicted octanol–water partition coefficient (Wildman–Crippen LogP) is 12.4. The van der Waals surface area contributed by atoms with Gasteiger partial charge in [-0.25, -0.2) is 0 Å². The number of ketones is 1. The van der Waals surface area contributed by atoms with E-state index in [1.54, 1.807) is 84.9 Å². The molecule has 0 N–H and O–H groups in total. The summed E-state index contributed by atoms with van der Waals surface area (Å²) in [5.41, 5.74) is 1.83. The van der Waals surface area contributed by atoms with Crippen molar-refractivity contribution in [2.24, 2.45) is 0 Å². The summed E-state index contributed by atoms with van der Waals surface area (Å²) in [6.07, 6.45) is 0. The van der Waals surface area contributed by atoms with E-state index in [9.17, 15) is 13.0 Å². The highest BCUT2D eigenvalue weighted by atomic mass is 16.1. The SMILES string of the molecule is [2H]c1c([2H])c([2H])c2c(c1[2H])c1c([2H])c(-c3cccc(C(=O)c4cccc(-c5c([2H])c([2H])c6c(c5[2H])c5c([2H])c([2H])c([2H])c([2H])c5n6-c5ccccc5)c4)c3)c([2H])c([2H])c1n2-c1ccccc1. The molecule has 10 aromatic rings. The summed E-state index contributed by atoms with van der Waals surface area (Å²) in [7, 11) is 0. The van der Waals surface area contributed by atoms with Crippen LogP contribution in [-0.4, -0.2) is 14.9 Å². The van der Waals surface area contributed by atoms with Crippen LogP contribution >= 0.6 is 0 Å². The normalized spacial score (nSPS) is 15.3. The van der Waals surface area contributed by atoms with Crippen molar-refractivity contribution in [1.29, 1.82) is 0 Å². The van der Waals surface area contributed by atoms with Crippen LogP contribution in [0.3, 0.4) is 0 Å². The second-order valence-corrected chi connectivity index (χ2v) is 12.2. The number of carbonyl (C=O) groups is 1. The van der Waals surface area contributed by atoms with Crippen LogP contribution in [0.4, 0.5) is 0 Å². The summed E-state index contributed by atoms with van der Waals surface area (Å²) in [6, 6.07) is 24.2. The summed E-state index contributed by atoms with van der Waals surface area (Å²) in [6.45, 7) is 0. The molecule has 3 heteroatoms. The topological polar surface area (TPSA) is 26.9 Å². The Kier molecular flexibility index (Phi) is 4.39. The Bertz CT molecular complexity index is 3530. The third-order valence-corrected chi connectivity index (χ3v) is 9.17. The smallest absolute Gasteiger partial charge is 0.193 e. The maximum Gasteiger partial charge on any atom is 0.193 e. The fraction of sp³-hybridized carbons (Fsp3) is 0. The van der Waals surface area contributed by atoms with E-state index in [1.807, 2.05) is 0 Å². The molecular formula is C49H32N2O. The summed E-state index contributed by atoms with van der Waals surface area (Å²) >= 11 is 0. The lowest BCUT2D eigenvalue weighted by Gasteiger charge is -2.10. The zero-order chi connectivity index (χ0) is 46.8. The van der Waals surface area contributed by atoms with Gasteiger partial charge in [0.05, 0.1) is 41.3 Å². The van der Waals surface area contributed by atoms with E-state index in [1.165, 1.54) is 33.4 Å². The summed E-state index contributed by atoms with van der Waals surface area (Å²) < 4.78 is 129. The van der Waals surface area contributed by atoms with E-state index < -0.39 is 42.0 Å². The zero-order valence-corrected chi connectivity index (χ0v) is 27.2. The number of hydrogen-bond acceptors (Lipinski definition) is 1. The molecule has 0 aliphatic heterocycles. The molecule has 52 heavy (non-hydrogen) atoms. The van der Waals surface area contributed by atoms with E-state index in [2.05, 4.69) is 0 Å². The van der Waals surface area contributed by atoms with Crippen LogP contribution in [0.25, 0.3) is 77.2 Å². The monoisotopic (exact) mass is 678 g/mol. The molecule has 0 unspecified atom stereocenters. The number of aromatic nitrogens is 2. The number of nitrogens with zero attached hydrogens (tertiary/aromatic N) is 2. The largest absolute Gasteiger partial charge is 0.309 e. The van der Waals surface area contributed by atoms with Crippen molar-refractivity contribution in [2.75, 3.05) is 0 Å². The van der Waals surface area contributed by atoms with Crippen LogP contribution < -0.4 is 0 Å². The van der Waals surface area contributed by atoms with E-state index in [0.717, 1.165) is 0 Å². The number of fused-ring (bicyclic) bond motifs is 6. The molecule has 10 rings (SSSR count). The van der Waals surface area contributed by atoms with Crippen LogP contribution in [0, 0.1) is 0 Å². The van der Waals surface area contributed by atoms with Crippen molar-refractivity contribution in [1.82, 2.24) is 9.13 Å². The molecule has 0 radical (unpaired) electrons. The third kappa shape index (κ3) is 4.86. The number of carbonyl (C=O) groups excluding carboxylic acids is 1. The van der Waals surface area contributed by atoms with Crippen molar-refractivity contribution < 1.29 is 24.0 Å². The second kappa shape index (κ2) is 12.1. The van der Waals surface area contributed by atoms with E-state index >= 15 is 0 Å². The van der Waals surface area contributed by atoms with Crippen molar-refractivity contribution >= 4 is 49.4 Å². The first-order valence-electron chi connectivity index (χ1n) is 23.5. The molecule has 0 saturated heterocycles. The van der Waals surface area contributed by atoms with Gasteiger partial charge in [0.1, 0.15) is 0 Å². The summed E-state index contributed by atoms with van der Waals surface area (Å²) in [5.74, 6) is -0.515. The molecule has 0 atom stereocenters. The average Bonchev–Trinajstić information content (AvgIpc) is 3.89. The fourth-order valence-electron chi connectivity index (χ4n) is 6.79. The minimum Gasteiger partial charge on any atom is -0.309 e. The van der Waals surface area contributed by atoms with E-state index in [0.29, 0.717) is 11.4 Å². The molecule has 0 aliphatic carbocycles. The van der Waals surface area contributed by atoms with Gasteiger partial charge in [0.15, 0.2) is 5.78 Å². The molecule has 8 aromatic carbocycles. The van der Waals surface area contributed by atoms with Gasteiger partial charge in [0, 0.05) is 44.0 Å². The number of para-hydroxylation sites is 4. The van der Waals surface area contributed by atoms with Crippen molar-refractivity contribution in [3.8, 4) is 33.6 Å². The Morgan fingerprint density at radius 3 is 1.29 bits per heavy atom. The first-order chi connectivity index (χ1) is 31.6. The van der Waals surface area contributed by atoms with Crippen molar-refractivity contribution in [3.63, 3.8) is 0 Å². The van der Waals surface area contributed by atoms with Gasteiger partial charge in [-0.3, -0.25) is 4.79 Å². The zero-order valence-electron chi connectivity index (χ0n) is 41.2. The van der Waals surface area contributed by atoms with Gasteiger partial charge in [0.25, 0.3) is 0 Å². The van der Waals surface area contributed by atoms with Crippen LogP contribution in [0.1, 0.15) is 35.1 Å². The predicted molar refractivity (Wildman–Crippen MR) is 216 cm³/mol. The minimum absolute atomic E-state index is 0.0187. The van der Waals surface area contributed by atoms with Gasteiger partial charge >= 0.3 is 0 Å². The minimum atomic E-state index is -0.516. The standard InChI is InChI=1S/C49H32N2O/c52-49(37-15-11-13-33(29-37)35-25-27-47-43(31-35)41-21-7-9-23-45(41)50(47)39-17-3-1-4-18-39)38-16-12-14-34(30-38)36-26-28-48-44(32-36)42-22-8-10-24-46(42)51(48)40-19-5-2-6-20-40/h1-32H/i7D,8D,9D,10D,21D,22D,23D,24D,25D,26D,27D,28D,31D,32D. The lowest BCUT2D eigenvalue weighted by atomic mass is 9.95. The molecule has 0 aliphatic rings. The van der Waals surface area contributed by atoms with Gasteiger partial charge < -0.3 is 9.13 Å². The van der Waals surface area contributed by atoms with Gasteiger partial charge in [-0.15, -0.1) is 0 Å². The lowest BCUT2D eigenvalue weighted by Crippen LogP contribution is -2.01. The average molecular weight is 679 g/mol. The maximum atomic E-state index is 14.4. The third-order valence-electron chi connectivity index (χ3n) is 9.17. The summed E-state index contributed by atoms with van der Waals surface area (Å²) in [4.78, 5) is 14.4. The highest BCUT2D eigenvalue weighted by Gasteiger charge is 2.17. The Labute approximate surface area is 320 Å².